The first-order chi connectivity index (χ1) is 10.0. The van der Waals surface area contributed by atoms with Gasteiger partial charge in [0, 0.05) is 13.1 Å². The van der Waals surface area contributed by atoms with Crippen molar-refractivity contribution in [1.29, 1.82) is 0 Å². The van der Waals surface area contributed by atoms with Gasteiger partial charge in [0.05, 0.1) is 22.5 Å². The summed E-state index contributed by atoms with van der Waals surface area (Å²) < 4.78 is 1.79. The molecule has 1 aliphatic heterocycles. The van der Waals surface area contributed by atoms with E-state index in [1.54, 1.807) is 4.68 Å². The van der Waals surface area contributed by atoms with Crippen molar-refractivity contribution in [2.24, 2.45) is 0 Å². The number of aliphatic hydroxyl groups is 1. The Balaban J connectivity index is 2.12. The summed E-state index contributed by atoms with van der Waals surface area (Å²) in [7, 11) is 0. The van der Waals surface area contributed by atoms with Crippen molar-refractivity contribution in [1.82, 2.24) is 9.78 Å². The molecule has 0 amide bonds. The molecule has 0 aliphatic carbocycles. The maximum Gasteiger partial charge on any atom is 0.155 e. The van der Waals surface area contributed by atoms with Gasteiger partial charge in [0.2, 0.25) is 0 Å². The molecule has 1 aromatic heterocycles. The molecule has 0 saturated carbocycles. The summed E-state index contributed by atoms with van der Waals surface area (Å²) in [5.74, 6) is 0.770. The summed E-state index contributed by atoms with van der Waals surface area (Å²) in [6, 6.07) is 9.74. The number of nitrogens with zero attached hydrogens (tertiary/aromatic N) is 3. The van der Waals surface area contributed by atoms with Crippen molar-refractivity contribution in [2.45, 2.75) is 25.9 Å². The molecule has 2 heterocycles. The molecule has 5 nitrogen and oxygen atoms in total. The van der Waals surface area contributed by atoms with Crippen molar-refractivity contribution >= 4 is 12.1 Å². The highest BCUT2D eigenvalue weighted by Gasteiger charge is 2.34. The van der Waals surface area contributed by atoms with Crippen molar-refractivity contribution in [3.8, 4) is 5.69 Å². The zero-order valence-corrected chi connectivity index (χ0v) is 12.3. The second-order valence-electron chi connectivity index (χ2n) is 5.86. The van der Waals surface area contributed by atoms with Crippen LogP contribution < -0.4 is 4.90 Å². The van der Waals surface area contributed by atoms with E-state index >= 15 is 0 Å². The number of hydrogen-bond acceptors (Lipinski definition) is 4. The minimum atomic E-state index is -0.722. The van der Waals surface area contributed by atoms with Gasteiger partial charge in [-0.3, -0.25) is 4.79 Å². The lowest BCUT2D eigenvalue weighted by Crippen LogP contribution is -2.31. The predicted molar refractivity (Wildman–Crippen MR) is 81.1 cm³/mol. The van der Waals surface area contributed by atoms with E-state index < -0.39 is 5.60 Å². The molecule has 1 unspecified atom stereocenters. The fourth-order valence-electron chi connectivity index (χ4n) is 2.84. The third kappa shape index (κ3) is 2.45. The number of benzene rings is 1. The number of β-amino-alcohol motifs (C(OH)–C–C–N with tert-alkyl or cyclic N) is 1. The van der Waals surface area contributed by atoms with Crippen LogP contribution in [0.2, 0.25) is 0 Å². The molecule has 110 valence electrons. The summed E-state index contributed by atoms with van der Waals surface area (Å²) in [5, 5.41) is 14.7. The fourth-order valence-corrected chi connectivity index (χ4v) is 2.84. The summed E-state index contributed by atoms with van der Waals surface area (Å²) >= 11 is 0. The Bertz CT molecular complexity index is 662. The fraction of sp³-hybridized carbons (Fsp3) is 0.375. The summed E-state index contributed by atoms with van der Waals surface area (Å²) in [6.45, 7) is 4.88. The average molecular weight is 285 g/mol. The average Bonchev–Trinajstić information content (AvgIpc) is 2.99. The third-order valence-corrected chi connectivity index (χ3v) is 3.95. The van der Waals surface area contributed by atoms with Crippen LogP contribution in [0.3, 0.4) is 0 Å². The topological polar surface area (TPSA) is 58.4 Å². The zero-order valence-electron chi connectivity index (χ0n) is 12.3. The minimum Gasteiger partial charge on any atom is -0.388 e. The number of rotatable bonds is 3. The van der Waals surface area contributed by atoms with Gasteiger partial charge in [0.15, 0.2) is 6.29 Å². The summed E-state index contributed by atoms with van der Waals surface area (Å²) in [4.78, 5) is 13.5. The number of carbonyl (C=O) groups excluding carboxylic acids is 1. The first-order valence-electron chi connectivity index (χ1n) is 7.09. The molecule has 5 heteroatoms. The molecule has 2 aromatic rings. The van der Waals surface area contributed by atoms with Crippen LogP contribution in [0.15, 0.2) is 30.3 Å². The maximum atomic E-state index is 11.5. The van der Waals surface area contributed by atoms with E-state index in [1.165, 1.54) is 0 Å². The van der Waals surface area contributed by atoms with Crippen LogP contribution in [-0.2, 0) is 0 Å². The lowest BCUT2D eigenvalue weighted by molar-refractivity contribution is 0.0838. The highest BCUT2D eigenvalue weighted by molar-refractivity contribution is 5.85. The van der Waals surface area contributed by atoms with E-state index in [2.05, 4.69) is 5.10 Å². The smallest absolute Gasteiger partial charge is 0.155 e. The van der Waals surface area contributed by atoms with Crippen LogP contribution in [0.1, 0.15) is 29.4 Å². The SMILES string of the molecule is Cc1nn(-c2ccccc2)c(N2CCC(C)(O)C2)c1C=O. The van der Waals surface area contributed by atoms with E-state index in [4.69, 9.17) is 0 Å². The normalized spacial score (nSPS) is 21.8. The van der Waals surface area contributed by atoms with E-state index in [1.807, 2.05) is 49.1 Å². The second-order valence-corrected chi connectivity index (χ2v) is 5.86. The van der Waals surface area contributed by atoms with Gasteiger partial charge in [-0.25, -0.2) is 4.68 Å². The number of para-hydroxylation sites is 1. The number of aldehydes is 1. The molecule has 1 N–H and O–H groups in total. The van der Waals surface area contributed by atoms with Crippen LogP contribution in [0.5, 0.6) is 0 Å². The highest BCUT2D eigenvalue weighted by Crippen LogP contribution is 2.31. The minimum absolute atomic E-state index is 0.506. The standard InChI is InChI=1S/C16H19N3O2/c1-12-14(10-20)15(18-9-8-16(2,21)11-18)19(17-12)13-6-4-3-5-7-13/h3-7,10,21H,8-9,11H2,1-2H3. The molecular weight excluding hydrogens is 266 g/mol. The molecule has 3 rings (SSSR count). The van der Waals surface area contributed by atoms with Gasteiger partial charge >= 0.3 is 0 Å². The molecular formula is C16H19N3O2. The van der Waals surface area contributed by atoms with Gasteiger partial charge in [0.25, 0.3) is 0 Å². The Kier molecular flexibility index (Phi) is 3.29. The molecule has 0 radical (unpaired) electrons. The lowest BCUT2D eigenvalue weighted by atomic mass is 10.1. The van der Waals surface area contributed by atoms with Crippen molar-refractivity contribution < 1.29 is 9.90 Å². The molecule has 1 aliphatic rings. The Hall–Kier alpha value is -2.14. The molecule has 1 atom stereocenters. The van der Waals surface area contributed by atoms with Gasteiger partial charge in [-0.05, 0) is 32.4 Å². The van der Waals surface area contributed by atoms with Crippen molar-refractivity contribution in [3.63, 3.8) is 0 Å². The van der Waals surface area contributed by atoms with Gasteiger partial charge in [-0.2, -0.15) is 5.10 Å². The number of hydrogen-bond donors (Lipinski definition) is 1. The zero-order chi connectivity index (χ0) is 15.0. The number of anilines is 1. The van der Waals surface area contributed by atoms with E-state index in [0.29, 0.717) is 30.8 Å². The van der Waals surface area contributed by atoms with E-state index in [-0.39, 0.29) is 0 Å². The summed E-state index contributed by atoms with van der Waals surface area (Å²) in [6.07, 6.45) is 1.54. The molecule has 1 fully saturated rings. The molecule has 0 spiro atoms. The predicted octanol–water partition coefficient (Wildman–Crippen LogP) is 1.95. The number of carbonyl (C=O) groups is 1. The van der Waals surface area contributed by atoms with Gasteiger partial charge in [-0.1, -0.05) is 18.2 Å². The Labute approximate surface area is 123 Å². The number of aryl methyl sites for hydroxylation is 1. The van der Waals surface area contributed by atoms with Crippen LogP contribution in [0.25, 0.3) is 5.69 Å². The first-order valence-corrected chi connectivity index (χ1v) is 7.09. The van der Waals surface area contributed by atoms with E-state index in [0.717, 1.165) is 17.8 Å². The third-order valence-electron chi connectivity index (χ3n) is 3.95. The Morgan fingerprint density at radius 2 is 2.05 bits per heavy atom. The number of aromatic nitrogens is 2. The first kappa shape index (κ1) is 13.8. The van der Waals surface area contributed by atoms with Gasteiger partial charge in [-0.15, -0.1) is 0 Å². The maximum absolute atomic E-state index is 11.5. The highest BCUT2D eigenvalue weighted by atomic mass is 16.3. The Morgan fingerprint density at radius 3 is 2.62 bits per heavy atom. The monoisotopic (exact) mass is 285 g/mol. The van der Waals surface area contributed by atoms with Crippen molar-refractivity contribution in [3.05, 3.63) is 41.6 Å². The molecule has 0 bridgehead atoms. The second kappa shape index (κ2) is 5.00. The van der Waals surface area contributed by atoms with Crippen LogP contribution in [0, 0.1) is 6.92 Å². The molecule has 21 heavy (non-hydrogen) atoms. The lowest BCUT2D eigenvalue weighted by Gasteiger charge is -2.22. The van der Waals surface area contributed by atoms with Crippen LogP contribution in [-0.4, -0.2) is 39.9 Å². The quantitative estimate of drug-likeness (QED) is 0.876. The van der Waals surface area contributed by atoms with Gasteiger partial charge in [0.1, 0.15) is 5.82 Å². The Morgan fingerprint density at radius 1 is 1.33 bits per heavy atom. The van der Waals surface area contributed by atoms with E-state index in [9.17, 15) is 9.90 Å². The molecule has 1 aromatic carbocycles. The van der Waals surface area contributed by atoms with Gasteiger partial charge < -0.3 is 10.0 Å². The van der Waals surface area contributed by atoms with Crippen LogP contribution >= 0.6 is 0 Å². The summed E-state index contributed by atoms with van der Waals surface area (Å²) in [5.41, 5.74) is 1.49. The largest absolute Gasteiger partial charge is 0.388 e. The van der Waals surface area contributed by atoms with Crippen molar-refractivity contribution in [2.75, 3.05) is 18.0 Å². The molecule has 1 saturated heterocycles. The van der Waals surface area contributed by atoms with Crippen LogP contribution in [0.4, 0.5) is 5.82 Å².